The predicted octanol–water partition coefficient (Wildman–Crippen LogP) is -0.356. The van der Waals surface area contributed by atoms with Crippen molar-refractivity contribution in [3.05, 3.63) is 24.1 Å². The van der Waals surface area contributed by atoms with Gasteiger partial charge in [0.15, 0.2) is 0 Å². The molecule has 1 amide bonds. The van der Waals surface area contributed by atoms with Crippen LogP contribution in [0.1, 0.15) is 5.69 Å². The van der Waals surface area contributed by atoms with Crippen molar-refractivity contribution in [2.45, 2.75) is 11.9 Å². The molecule has 4 N–H and O–H groups in total. The van der Waals surface area contributed by atoms with Gasteiger partial charge in [-0.1, -0.05) is 11.8 Å². The van der Waals surface area contributed by atoms with E-state index in [9.17, 15) is 14.7 Å². The van der Waals surface area contributed by atoms with Crippen molar-refractivity contribution in [3.63, 3.8) is 0 Å². The smallest absolute Gasteiger partial charge is 0.449 e. The van der Waals surface area contributed by atoms with Gasteiger partial charge in [-0.15, -0.1) is 0 Å². The molecule has 1 aromatic heterocycles. The van der Waals surface area contributed by atoms with E-state index >= 15 is 0 Å². The fourth-order valence-electron chi connectivity index (χ4n) is 2.24. The van der Waals surface area contributed by atoms with Crippen LogP contribution >= 0.6 is 11.8 Å². The highest BCUT2D eigenvalue weighted by atomic mass is 32.2. The minimum absolute atomic E-state index is 0.0619. The van der Waals surface area contributed by atoms with E-state index in [1.807, 2.05) is 0 Å². The lowest BCUT2D eigenvalue weighted by molar-refractivity contribution is -0.151. The first-order valence-corrected chi connectivity index (χ1v) is 6.93. The van der Waals surface area contributed by atoms with Gasteiger partial charge in [-0.2, -0.15) is 0 Å². The molecule has 1 aromatic rings. The number of thioether (sulfide) groups is 1. The van der Waals surface area contributed by atoms with Crippen LogP contribution < -0.4 is 5.73 Å². The molecule has 21 heavy (non-hydrogen) atoms. The summed E-state index contributed by atoms with van der Waals surface area (Å²) in [4.78, 5) is 28.0. The normalized spacial score (nSPS) is 24.1. The Morgan fingerprint density at radius 3 is 2.90 bits per heavy atom. The third-order valence-corrected chi connectivity index (χ3v) is 4.64. The summed E-state index contributed by atoms with van der Waals surface area (Å²) in [6, 6.07) is 0. The zero-order valence-electron chi connectivity index (χ0n) is 10.7. The second-order valence-corrected chi connectivity index (χ2v) is 5.57. The molecule has 0 bridgehead atoms. The van der Waals surface area contributed by atoms with Gasteiger partial charge in [0.05, 0.1) is 18.2 Å². The number of fused-ring (bicyclic) bond motifs is 1. The second kappa shape index (κ2) is 5.06. The number of hydrogen-bond donors (Lipinski definition) is 3. The Labute approximate surface area is 123 Å². The zero-order chi connectivity index (χ0) is 15.1. The van der Waals surface area contributed by atoms with Gasteiger partial charge in [-0.25, -0.2) is 9.78 Å². The first-order chi connectivity index (χ1) is 10.1. The molecule has 0 saturated carbocycles. The number of aliphatic hydroxyl groups excluding tert-OH is 1. The van der Waals surface area contributed by atoms with Gasteiger partial charge in [0.1, 0.15) is 16.7 Å². The molecule has 1 saturated heterocycles. The van der Waals surface area contributed by atoms with Gasteiger partial charge < -0.3 is 20.7 Å². The van der Waals surface area contributed by atoms with Crippen LogP contribution in [0, 0.1) is 5.92 Å². The number of carbonyl (C=O) groups is 2. The third-order valence-electron chi connectivity index (χ3n) is 3.25. The maximum absolute atomic E-state index is 11.9. The number of nitrogens with zero attached hydrogens (tertiary/aromatic N) is 3. The molecule has 0 radical (unpaired) electrons. The molecule has 1 fully saturated rings. The Bertz CT molecular complexity index is 642. The molecule has 0 spiro atoms. The second-order valence-electron chi connectivity index (χ2n) is 4.46. The van der Waals surface area contributed by atoms with Crippen molar-refractivity contribution in [1.82, 2.24) is 14.5 Å². The highest BCUT2D eigenvalue weighted by molar-refractivity contribution is 8.08. The van der Waals surface area contributed by atoms with Crippen molar-refractivity contribution < 1.29 is 24.5 Å². The number of hydrogen-bond acceptors (Lipinski definition) is 7. The molecule has 10 heteroatoms. The lowest BCUT2D eigenvalue weighted by Crippen LogP contribution is -2.58. The van der Waals surface area contributed by atoms with E-state index in [2.05, 4.69) is 4.98 Å². The molecule has 0 aromatic carbocycles. The van der Waals surface area contributed by atoms with Crippen LogP contribution in [0.5, 0.6) is 0 Å². The molecule has 0 aliphatic carbocycles. The van der Waals surface area contributed by atoms with Gasteiger partial charge in [0, 0.05) is 12.7 Å². The minimum Gasteiger partial charge on any atom is -0.449 e. The molecule has 0 unspecified atom stereocenters. The molecule has 3 heterocycles. The Hall–Kier alpha value is -2.04. The number of ether oxygens (including phenoxy) is 1. The fraction of sp³-hybridized carbons (Fsp3) is 0.364. The van der Waals surface area contributed by atoms with Crippen molar-refractivity contribution in [2.75, 3.05) is 6.61 Å². The first kappa shape index (κ1) is 13.9. The number of amides is 1. The summed E-state index contributed by atoms with van der Waals surface area (Å²) in [6.45, 7) is -0.0516. The first-order valence-electron chi connectivity index (χ1n) is 6.05. The Balaban J connectivity index is 1.97. The molecule has 2 aliphatic heterocycles. The zero-order valence-corrected chi connectivity index (χ0v) is 11.5. The molecular weight excluding hydrogens is 300 g/mol. The third kappa shape index (κ3) is 2.07. The van der Waals surface area contributed by atoms with E-state index in [0.717, 1.165) is 0 Å². The summed E-state index contributed by atoms with van der Waals surface area (Å²) in [5.41, 5.74) is 6.11. The maximum Gasteiger partial charge on any atom is 0.512 e. The predicted molar refractivity (Wildman–Crippen MR) is 71.2 cm³/mol. The van der Waals surface area contributed by atoms with E-state index in [1.54, 1.807) is 10.8 Å². The monoisotopic (exact) mass is 312 g/mol. The molecule has 9 nitrogen and oxygen atoms in total. The number of rotatable bonds is 4. The van der Waals surface area contributed by atoms with Crippen molar-refractivity contribution >= 4 is 28.9 Å². The number of nitrogens with two attached hydrogens (primary N) is 1. The van der Waals surface area contributed by atoms with E-state index < -0.39 is 12.1 Å². The Morgan fingerprint density at radius 1 is 1.57 bits per heavy atom. The average molecular weight is 312 g/mol. The van der Waals surface area contributed by atoms with Crippen LogP contribution in [0.2, 0.25) is 0 Å². The van der Waals surface area contributed by atoms with Crippen molar-refractivity contribution in [2.24, 2.45) is 11.7 Å². The summed E-state index contributed by atoms with van der Waals surface area (Å²) >= 11 is 1.24. The van der Waals surface area contributed by atoms with E-state index in [-0.39, 0.29) is 30.3 Å². The van der Waals surface area contributed by atoms with Crippen LogP contribution in [0.15, 0.2) is 18.4 Å². The number of β-lactam (4-membered cyclic amide) rings is 1. The molecule has 2 aliphatic rings. The number of aliphatic hydroxyl groups is 1. The SMILES string of the molecule is NCc1cn(C2=C(OC(=O)O)N3C(=O)[C@H](CO)[C@H]3S2)cn1. The van der Waals surface area contributed by atoms with Crippen LogP contribution in [0.25, 0.3) is 5.03 Å². The summed E-state index contributed by atoms with van der Waals surface area (Å²) in [5.74, 6) is -0.981. The number of aromatic nitrogens is 2. The van der Waals surface area contributed by atoms with Crippen LogP contribution in [0.3, 0.4) is 0 Å². The molecular formula is C11H12N4O5S. The van der Waals surface area contributed by atoms with Crippen LogP contribution in [-0.4, -0.2) is 48.7 Å². The van der Waals surface area contributed by atoms with Gasteiger partial charge in [-0.05, 0) is 0 Å². The minimum atomic E-state index is -1.51. The van der Waals surface area contributed by atoms with Crippen LogP contribution in [0.4, 0.5) is 4.79 Å². The lowest BCUT2D eigenvalue weighted by Gasteiger charge is -2.40. The average Bonchev–Trinajstić information content (AvgIpc) is 3.01. The summed E-state index contributed by atoms with van der Waals surface area (Å²) in [5, 5.41) is 18.1. The van der Waals surface area contributed by atoms with E-state index in [4.69, 9.17) is 15.6 Å². The number of carbonyl (C=O) groups excluding carboxylic acids is 1. The standard InChI is InChI=1S/C11H12N4O5S/c12-1-5-2-14(4-13-5)10-8(20-11(18)19)15-7(17)6(3-16)9(15)21-10/h2,4,6,9,16H,1,3,12H2,(H,18,19)/t6-,9+/m0/s1. The number of carboxylic acid groups (broad SMARTS) is 1. The molecule has 112 valence electrons. The lowest BCUT2D eigenvalue weighted by atomic mass is 10.00. The highest BCUT2D eigenvalue weighted by Gasteiger charge is 2.56. The van der Waals surface area contributed by atoms with Crippen molar-refractivity contribution in [1.29, 1.82) is 0 Å². The van der Waals surface area contributed by atoms with Gasteiger partial charge in [-0.3, -0.25) is 14.3 Å². The summed E-state index contributed by atoms with van der Waals surface area (Å²) in [6.07, 6.45) is 1.60. The molecule has 2 atom stereocenters. The number of imidazole rings is 1. The largest absolute Gasteiger partial charge is 0.512 e. The van der Waals surface area contributed by atoms with Crippen LogP contribution in [-0.2, 0) is 16.1 Å². The highest BCUT2D eigenvalue weighted by Crippen LogP contribution is 2.51. The van der Waals surface area contributed by atoms with Crippen molar-refractivity contribution in [3.8, 4) is 0 Å². The maximum atomic E-state index is 11.9. The Morgan fingerprint density at radius 2 is 2.33 bits per heavy atom. The summed E-state index contributed by atoms with van der Waals surface area (Å²) in [7, 11) is 0. The van der Waals surface area contributed by atoms with Gasteiger partial charge >= 0.3 is 6.16 Å². The van der Waals surface area contributed by atoms with E-state index in [0.29, 0.717) is 10.7 Å². The van der Waals surface area contributed by atoms with E-state index in [1.165, 1.54) is 23.0 Å². The summed E-state index contributed by atoms with van der Waals surface area (Å²) < 4.78 is 6.30. The fourth-order valence-corrected chi connectivity index (χ4v) is 3.60. The van der Waals surface area contributed by atoms with Gasteiger partial charge in [0.25, 0.3) is 0 Å². The Kier molecular flexibility index (Phi) is 3.35. The molecule has 3 rings (SSSR count). The topological polar surface area (TPSA) is 131 Å². The van der Waals surface area contributed by atoms with Gasteiger partial charge in [0.2, 0.25) is 11.8 Å². The quantitative estimate of drug-likeness (QED) is 0.507.